The summed E-state index contributed by atoms with van der Waals surface area (Å²) >= 11 is 0. The lowest BCUT2D eigenvalue weighted by Crippen LogP contribution is -2.24. The van der Waals surface area contributed by atoms with Gasteiger partial charge in [-0.15, -0.1) is 0 Å². The smallest absolute Gasteiger partial charge is 0.303 e. The van der Waals surface area contributed by atoms with Crippen molar-refractivity contribution in [1.82, 2.24) is 5.32 Å². The van der Waals surface area contributed by atoms with E-state index in [1.165, 1.54) is 24.3 Å². The van der Waals surface area contributed by atoms with E-state index in [9.17, 15) is 18.0 Å². The lowest BCUT2D eigenvalue weighted by atomic mass is 10.1. The highest BCUT2D eigenvalue weighted by molar-refractivity contribution is 7.92. The van der Waals surface area contributed by atoms with E-state index in [0.29, 0.717) is 30.6 Å². The molecule has 0 aliphatic heterocycles. The lowest BCUT2D eigenvalue weighted by Gasteiger charge is -2.09. The molecule has 0 spiro atoms. The number of anilines is 1. The number of nitrogens with one attached hydrogen (secondary N) is 2. The Balaban J connectivity index is 1.84. The van der Waals surface area contributed by atoms with Gasteiger partial charge in [0.2, 0.25) is 0 Å². The van der Waals surface area contributed by atoms with Crippen molar-refractivity contribution >= 4 is 27.6 Å². The predicted molar refractivity (Wildman–Crippen MR) is 102 cm³/mol. The van der Waals surface area contributed by atoms with Crippen LogP contribution < -0.4 is 10.0 Å². The molecule has 2 rings (SSSR count). The summed E-state index contributed by atoms with van der Waals surface area (Å²) in [4.78, 5) is 22.6. The van der Waals surface area contributed by atoms with Crippen molar-refractivity contribution in [3.05, 3.63) is 60.2 Å². The molecule has 0 bridgehead atoms. The molecular formula is C19H22N2O5S. The van der Waals surface area contributed by atoms with Gasteiger partial charge < -0.3 is 10.4 Å². The zero-order valence-electron chi connectivity index (χ0n) is 14.7. The maximum Gasteiger partial charge on any atom is 0.303 e. The number of carboxylic acids is 1. The number of hydrogen-bond acceptors (Lipinski definition) is 4. The summed E-state index contributed by atoms with van der Waals surface area (Å²) in [5, 5.41) is 11.3. The fourth-order valence-electron chi connectivity index (χ4n) is 2.39. The van der Waals surface area contributed by atoms with E-state index in [4.69, 9.17) is 5.11 Å². The predicted octanol–water partition coefficient (Wildman–Crippen LogP) is 2.86. The van der Waals surface area contributed by atoms with Gasteiger partial charge in [0, 0.05) is 24.2 Å². The number of unbranched alkanes of at least 4 members (excludes halogenated alkanes) is 2. The van der Waals surface area contributed by atoms with Crippen LogP contribution in [0, 0.1) is 0 Å². The van der Waals surface area contributed by atoms with Gasteiger partial charge in [0.1, 0.15) is 0 Å². The Morgan fingerprint density at radius 1 is 0.889 bits per heavy atom. The quantitative estimate of drug-likeness (QED) is 0.540. The number of sulfonamides is 1. The van der Waals surface area contributed by atoms with Crippen molar-refractivity contribution in [2.45, 2.75) is 30.6 Å². The van der Waals surface area contributed by atoms with E-state index in [-0.39, 0.29) is 17.2 Å². The van der Waals surface area contributed by atoms with Crippen molar-refractivity contribution in [1.29, 1.82) is 0 Å². The van der Waals surface area contributed by atoms with Gasteiger partial charge in [-0.25, -0.2) is 8.42 Å². The Hall–Kier alpha value is -2.87. The van der Waals surface area contributed by atoms with Gasteiger partial charge >= 0.3 is 5.97 Å². The third-order valence-corrected chi connectivity index (χ3v) is 5.20. The van der Waals surface area contributed by atoms with E-state index in [1.54, 1.807) is 30.3 Å². The van der Waals surface area contributed by atoms with Crippen LogP contribution in [0.2, 0.25) is 0 Å². The second kappa shape index (κ2) is 9.72. The second-order valence-corrected chi connectivity index (χ2v) is 7.64. The molecule has 0 unspecified atom stereocenters. The van der Waals surface area contributed by atoms with Crippen LogP contribution in [0.3, 0.4) is 0 Å². The molecule has 3 N–H and O–H groups in total. The minimum Gasteiger partial charge on any atom is -0.481 e. The molecule has 2 aromatic rings. The van der Waals surface area contributed by atoms with Gasteiger partial charge in [-0.2, -0.15) is 0 Å². The van der Waals surface area contributed by atoms with Crippen LogP contribution >= 0.6 is 0 Å². The number of rotatable bonds is 10. The van der Waals surface area contributed by atoms with Crippen LogP contribution in [0.1, 0.15) is 36.0 Å². The van der Waals surface area contributed by atoms with Crippen LogP contribution in [-0.2, 0) is 14.8 Å². The largest absolute Gasteiger partial charge is 0.481 e. The molecule has 0 atom stereocenters. The monoisotopic (exact) mass is 390 g/mol. The molecule has 27 heavy (non-hydrogen) atoms. The number of amides is 1. The van der Waals surface area contributed by atoms with E-state index < -0.39 is 16.0 Å². The van der Waals surface area contributed by atoms with E-state index in [0.717, 1.165) is 6.42 Å². The average Bonchev–Trinajstić information content (AvgIpc) is 2.65. The normalized spacial score (nSPS) is 11.0. The van der Waals surface area contributed by atoms with Crippen molar-refractivity contribution in [2.24, 2.45) is 0 Å². The summed E-state index contributed by atoms with van der Waals surface area (Å²) in [7, 11) is -3.67. The molecule has 0 fully saturated rings. The van der Waals surface area contributed by atoms with Crippen molar-refractivity contribution in [3.63, 3.8) is 0 Å². The summed E-state index contributed by atoms with van der Waals surface area (Å²) < 4.78 is 27.0. The molecule has 144 valence electrons. The first-order valence-electron chi connectivity index (χ1n) is 8.56. The van der Waals surface area contributed by atoms with Gasteiger partial charge in [-0.1, -0.05) is 24.6 Å². The Morgan fingerprint density at radius 3 is 2.19 bits per heavy atom. The summed E-state index contributed by atoms with van der Waals surface area (Å²) in [5.41, 5.74) is 0.785. The fraction of sp³-hybridized carbons (Fsp3) is 0.263. The minimum atomic E-state index is -3.67. The molecule has 0 heterocycles. The minimum absolute atomic E-state index is 0.133. The van der Waals surface area contributed by atoms with Gasteiger partial charge in [-0.3, -0.25) is 14.3 Å². The number of benzene rings is 2. The molecule has 7 nitrogen and oxygen atoms in total. The van der Waals surface area contributed by atoms with E-state index in [1.807, 2.05) is 0 Å². The topological polar surface area (TPSA) is 113 Å². The average molecular weight is 390 g/mol. The number of carbonyl (C=O) groups excluding carboxylic acids is 1. The maximum atomic E-state index is 12.3. The summed E-state index contributed by atoms with van der Waals surface area (Å²) in [6.45, 7) is 0.459. The highest BCUT2D eigenvalue weighted by Gasteiger charge is 2.13. The number of aliphatic carboxylic acids is 1. The molecule has 2 aromatic carbocycles. The summed E-state index contributed by atoms with van der Waals surface area (Å²) in [6.07, 6.45) is 2.15. The Morgan fingerprint density at radius 2 is 1.56 bits per heavy atom. The van der Waals surface area contributed by atoms with Gasteiger partial charge in [0.05, 0.1) is 4.90 Å². The van der Waals surface area contributed by atoms with E-state index in [2.05, 4.69) is 10.0 Å². The first-order valence-corrected chi connectivity index (χ1v) is 10.0. The van der Waals surface area contributed by atoms with Crippen LogP contribution in [0.15, 0.2) is 59.5 Å². The maximum absolute atomic E-state index is 12.3. The highest BCUT2D eigenvalue weighted by Crippen LogP contribution is 2.16. The Kier molecular flexibility index (Phi) is 7.36. The molecule has 0 aromatic heterocycles. The fourth-order valence-corrected chi connectivity index (χ4v) is 3.47. The first kappa shape index (κ1) is 20.4. The summed E-state index contributed by atoms with van der Waals surface area (Å²) in [5.74, 6) is -1.08. The SMILES string of the molecule is O=C(O)CCCCCNC(=O)c1ccc(NS(=O)(=O)c2ccccc2)cc1. The molecule has 0 saturated carbocycles. The van der Waals surface area contributed by atoms with Crippen LogP contribution in [-0.4, -0.2) is 31.9 Å². The molecular weight excluding hydrogens is 368 g/mol. The molecule has 0 saturated heterocycles. The zero-order valence-corrected chi connectivity index (χ0v) is 15.5. The van der Waals surface area contributed by atoms with Gasteiger partial charge in [-0.05, 0) is 49.2 Å². The van der Waals surface area contributed by atoms with Crippen LogP contribution in [0.4, 0.5) is 5.69 Å². The van der Waals surface area contributed by atoms with Gasteiger partial charge in [0.25, 0.3) is 15.9 Å². The van der Waals surface area contributed by atoms with E-state index >= 15 is 0 Å². The second-order valence-electron chi connectivity index (χ2n) is 5.96. The third-order valence-electron chi connectivity index (χ3n) is 3.81. The Labute approximate surface area is 158 Å². The third kappa shape index (κ3) is 6.74. The van der Waals surface area contributed by atoms with Crippen molar-refractivity contribution < 1.29 is 23.1 Å². The standard InChI is InChI=1S/C19H22N2O5S/c22-18(23)9-5-2-6-14-20-19(24)15-10-12-16(13-11-15)21-27(25,26)17-7-3-1-4-8-17/h1,3-4,7-8,10-13,21H,2,5-6,9,14H2,(H,20,24)(H,22,23). The first-order chi connectivity index (χ1) is 12.9. The molecule has 0 aliphatic rings. The molecule has 0 aliphatic carbocycles. The number of hydrogen-bond donors (Lipinski definition) is 3. The summed E-state index contributed by atoms with van der Waals surface area (Å²) in [6, 6.07) is 14.2. The Bertz CT molecular complexity index is 865. The highest BCUT2D eigenvalue weighted by atomic mass is 32.2. The number of carbonyl (C=O) groups is 2. The molecule has 8 heteroatoms. The molecule has 1 amide bonds. The van der Waals surface area contributed by atoms with Crippen LogP contribution in [0.5, 0.6) is 0 Å². The molecule has 0 radical (unpaired) electrons. The van der Waals surface area contributed by atoms with Crippen LogP contribution in [0.25, 0.3) is 0 Å². The van der Waals surface area contributed by atoms with Gasteiger partial charge in [0.15, 0.2) is 0 Å². The van der Waals surface area contributed by atoms with Crippen molar-refractivity contribution in [2.75, 3.05) is 11.3 Å². The lowest BCUT2D eigenvalue weighted by molar-refractivity contribution is -0.137. The van der Waals surface area contributed by atoms with Crippen molar-refractivity contribution in [3.8, 4) is 0 Å². The number of carboxylic acid groups (broad SMARTS) is 1. The zero-order chi connectivity index (χ0) is 19.7.